The number of anilines is 2. The molecule has 4 N–H and O–H groups in total. The van der Waals surface area contributed by atoms with Crippen LogP contribution in [0.25, 0.3) is 0 Å². The van der Waals surface area contributed by atoms with Crippen LogP contribution in [0.5, 0.6) is 5.75 Å². The molecule has 0 aliphatic heterocycles. The fraction of sp³-hybridized carbons (Fsp3) is 0.667. The number of methoxy groups -OCH3 is 1. The zero-order valence-electron chi connectivity index (χ0n) is 11.0. The number of nitrogen functional groups attached to an aromatic ring is 1. The minimum absolute atomic E-state index is 0.0752. The minimum atomic E-state index is 0.0752. The average molecular weight is 251 g/mol. The van der Waals surface area contributed by atoms with Crippen LogP contribution in [-0.2, 0) is 0 Å². The second-order valence-electron chi connectivity index (χ2n) is 4.99. The summed E-state index contributed by atoms with van der Waals surface area (Å²) in [6.45, 7) is 2.23. The van der Waals surface area contributed by atoms with Gasteiger partial charge in [-0.15, -0.1) is 0 Å². The van der Waals surface area contributed by atoms with E-state index in [-0.39, 0.29) is 5.54 Å². The molecule has 0 bridgehead atoms. The summed E-state index contributed by atoms with van der Waals surface area (Å²) in [7, 11) is 1.59. The predicted molar refractivity (Wildman–Crippen MR) is 71.5 cm³/mol. The molecular weight excluding hydrogens is 230 g/mol. The van der Waals surface area contributed by atoms with E-state index < -0.39 is 0 Å². The van der Waals surface area contributed by atoms with Crippen molar-refractivity contribution in [3.63, 3.8) is 0 Å². The lowest BCUT2D eigenvalue weighted by Crippen LogP contribution is -2.37. The van der Waals surface area contributed by atoms with Gasteiger partial charge in [-0.25, -0.2) is 15.8 Å². The molecule has 0 spiro atoms. The fourth-order valence-electron chi connectivity index (χ4n) is 2.50. The second kappa shape index (κ2) is 5.39. The van der Waals surface area contributed by atoms with Crippen molar-refractivity contribution in [1.82, 2.24) is 9.97 Å². The Labute approximate surface area is 107 Å². The molecule has 1 aliphatic rings. The number of nitrogens with two attached hydrogens (primary N) is 1. The van der Waals surface area contributed by atoms with E-state index in [1.165, 1.54) is 25.6 Å². The molecule has 0 saturated heterocycles. The summed E-state index contributed by atoms with van der Waals surface area (Å²) in [6.07, 6.45) is 7.58. The van der Waals surface area contributed by atoms with Crippen LogP contribution in [0, 0.1) is 0 Å². The average Bonchev–Trinajstić information content (AvgIpc) is 2.38. The van der Waals surface area contributed by atoms with E-state index in [0.717, 1.165) is 12.8 Å². The van der Waals surface area contributed by atoms with Gasteiger partial charge in [-0.1, -0.05) is 19.3 Å². The molecule has 1 aliphatic carbocycles. The highest BCUT2D eigenvalue weighted by Gasteiger charge is 2.28. The smallest absolute Gasteiger partial charge is 0.205 e. The lowest BCUT2D eigenvalue weighted by molar-refractivity contribution is 0.345. The summed E-state index contributed by atoms with van der Waals surface area (Å²) in [5.74, 6) is 7.17. The van der Waals surface area contributed by atoms with Gasteiger partial charge in [0.15, 0.2) is 11.6 Å². The molecule has 0 radical (unpaired) electrons. The van der Waals surface area contributed by atoms with Crippen LogP contribution in [0.4, 0.5) is 11.6 Å². The summed E-state index contributed by atoms with van der Waals surface area (Å²) in [6, 6.07) is 0. The number of nitrogens with zero attached hydrogens (tertiary/aromatic N) is 2. The van der Waals surface area contributed by atoms with Gasteiger partial charge in [0, 0.05) is 5.54 Å². The zero-order valence-corrected chi connectivity index (χ0v) is 11.0. The Bertz CT molecular complexity index is 403. The van der Waals surface area contributed by atoms with Gasteiger partial charge in [-0.3, -0.25) is 0 Å². The van der Waals surface area contributed by atoms with Crippen LogP contribution in [0.15, 0.2) is 6.33 Å². The maximum absolute atomic E-state index is 5.41. The molecule has 18 heavy (non-hydrogen) atoms. The van der Waals surface area contributed by atoms with Crippen molar-refractivity contribution >= 4 is 11.6 Å². The van der Waals surface area contributed by atoms with Crippen LogP contribution in [0.1, 0.15) is 39.0 Å². The molecule has 1 aromatic rings. The van der Waals surface area contributed by atoms with Crippen LogP contribution in [0.2, 0.25) is 0 Å². The number of aromatic nitrogens is 2. The van der Waals surface area contributed by atoms with Crippen molar-refractivity contribution in [3.05, 3.63) is 6.33 Å². The van der Waals surface area contributed by atoms with Gasteiger partial charge in [-0.05, 0) is 19.8 Å². The first-order valence-electron chi connectivity index (χ1n) is 6.32. The van der Waals surface area contributed by atoms with Gasteiger partial charge in [0.25, 0.3) is 0 Å². The quantitative estimate of drug-likeness (QED) is 0.560. The summed E-state index contributed by atoms with van der Waals surface area (Å²) < 4.78 is 5.32. The largest absolute Gasteiger partial charge is 0.490 e. The molecule has 1 aromatic heterocycles. The van der Waals surface area contributed by atoms with Gasteiger partial charge < -0.3 is 15.5 Å². The van der Waals surface area contributed by atoms with Crippen LogP contribution >= 0.6 is 0 Å². The van der Waals surface area contributed by atoms with Gasteiger partial charge >= 0.3 is 0 Å². The molecular formula is C12H21N5O. The van der Waals surface area contributed by atoms with Crippen LogP contribution in [-0.4, -0.2) is 22.6 Å². The number of hydrogen-bond donors (Lipinski definition) is 3. The molecule has 1 fully saturated rings. The molecule has 100 valence electrons. The standard InChI is InChI=1S/C12H21N5O/c1-12(6-4-3-5-7-12)16-10-9(18-2)11(17-13)15-8-14-10/h8H,3-7,13H2,1-2H3,(H2,14,15,16,17). The molecule has 0 atom stereocenters. The van der Waals surface area contributed by atoms with Crippen LogP contribution in [0.3, 0.4) is 0 Å². The Balaban J connectivity index is 2.22. The highest BCUT2D eigenvalue weighted by molar-refractivity contribution is 5.63. The van der Waals surface area contributed by atoms with E-state index in [9.17, 15) is 0 Å². The molecule has 1 saturated carbocycles. The fourth-order valence-corrected chi connectivity index (χ4v) is 2.50. The lowest BCUT2D eigenvalue weighted by atomic mass is 9.83. The summed E-state index contributed by atoms with van der Waals surface area (Å²) in [5, 5.41) is 3.48. The normalized spacial score (nSPS) is 18.2. The lowest BCUT2D eigenvalue weighted by Gasteiger charge is -2.35. The maximum Gasteiger partial charge on any atom is 0.205 e. The minimum Gasteiger partial charge on any atom is -0.490 e. The van der Waals surface area contributed by atoms with Gasteiger partial charge in [0.1, 0.15) is 6.33 Å². The number of nitrogens with one attached hydrogen (secondary N) is 2. The molecule has 2 rings (SSSR count). The van der Waals surface area contributed by atoms with Crippen LogP contribution < -0.4 is 21.3 Å². The monoisotopic (exact) mass is 251 g/mol. The molecule has 0 aromatic carbocycles. The van der Waals surface area contributed by atoms with Crippen molar-refractivity contribution < 1.29 is 4.74 Å². The molecule has 0 unspecified atom stereocenters. The zero-order chi connectivity index (χ0) is 13.0. The topological polar surface area (TPSA) is 85.1 Å². The van der Waals surface area contributed by atoms with E-state index in [1.807, 2.05) is 0 Å². The number of rotatable bonds is 4. The highest BCUT2D eigenvalue weighted by atomic mass is 16.5. The Hall–Kier alpha value is -1.56. The molecule has 6 heteroatoms. The SMILES string of the molecule is COc1c(NN)ncnc1NC1(C)CCCCC1. The highest BCUT2D eigenvalue weighted by Crippen LogP contribution is 2.35. The van der Waals surface area contributed by atoms with Gasteiger partial charge in [0.05, 0.1) is 7.11 Å². The summed E-state index contributed by atoms with van der Waals surface area (Å²) in [4.78, 5) is 8.29. The van der Waals surface area contributed by atoms with E-state index in [4.69, 9.17) is 10.6 Å². The van der Waals surface area contributed by atoms with E-state index in [0.29, 0.717) is 17.4 Å². The first-order chi connectivity index (χ1) is 8.68. The summed E-state index contributed by atoms with van der Waals surface area (Å²) >= 11 is 0. The Morgan fingerprint density at radius 3 is 2.50 bits per heavy atom. The van der Waals surface area contributed by atoms with E-state index >= 15 is 0 Å². The maximum atomic E-state index is 5.41. The van der Waals surface area contributed by atoms with E-state index in [1.54, 1.807) is 7.11 Å². The Morgan fingerprint density at radius 2 is 1.89 bits per heavy atom. The Kier molecular flexibility index (Phi) is 3.86. The molecule has 6 nitrogen and oxygen atoms in total. The molecule has 1 heterocycles. The molecule has 0 amide bonds. The third-order valence-corrected chi connectivity index (χ3v) is 3.52. The van der Waals surface area contributed by atoms with Crippen molar-refractivity contribution in [2.75, 3.05) is 17.9 Å². The number of hydrogen-bond acceptors (Lipinski definition) is 6. The first-order valence-corrected chi connectivity index (χ1v) is 6.32. The van der Waals surface area contributed by atoms with Crippen molar-refractivity contribution in [3.8, 4) is 5.75 Å². The van der Waals surface area contributed by atoms with Crippen molar-refractivity contribution in [2.45, 2.75) is 44.6 Å². The number of ether oxygens (including phenoxy) is 1. The van der Waals surface area contributed by atoms with Gasteiger partial charge in [-0.2, -0.15) is 0 Å². The summed E-state index contributed by atoms with van der Waals surface area (Å²) in [5.41, 5.74) is 2.60. The first kappa shape index (κ1) is 12.9. The predicted octanol–water partition coefficient (Wildman–Crippen LogP) is 1.91. The van der Waals surface area contributed by atoms with Crippen molar-refractivity contribution in [1.29, 1.82) is 0 Å². The number of hydrazine groups is 1. The third-order valence-electron chi connectivity index (χ3n) is 3.52. The van der Waals surface area contributed by atoms with Crippen molar-refractivity contribution in [2.24, 2.45) is 5.84 Å². The third kappa shape index (κ3) is 2.64. The Morgan fingerprint density at radius 1 is 1.22 bits per heavy atom. The van der Waals surface area contributed by atoms with E-state index in [2.05, 4.69) is 27.6 Å². The van der Waals surface area contributed by atoms with Gasteiger partial charge in [0.2, 0.25) is 5.75 Å². The second-order valence-corrected chi connectivity index (χ2v) is 4.99.